The quantitative estimate of drug-likeness (QED) is 0.786. The Balaban J connectivity index is 1.61. The van der Waals surface area contributed by atoms with Crippen LogP contribution in [-0.4, -0.2) is 11.7 Å². The molecular formula is C16H18N2O. The first-order chi connectivity index (χ1) is 9.33. The molecule has 0 atom stereocenters. The summed E-state index contributed by atoms with van der Waals surface area (Å²) in [5, 5.41) is 16.1. The Labute approximate surface area is 113 Å². The van der Waals surface area contributed by atoms with Crippen molar-refractivity contribution in [1.29, 1.82) is 0 Å². The van der Waals surface area contributed by atoms with Crippen molar-refractivity contribution in [2.24, 2.45) is 0 Å². The average Bonchev–Trinajstić information content (AvgIpc) is 2.90. The molecule has 3 heteroatoms. The topological polar surface area (TPSA) is 44.3 Å². The van der Waals surface area contributed by atoms with Crippen molar-refractivity contribution in [3.8, 4) is 5.75 Å². The van der Waals surface area contributed by atoms with Crippen LogP contribution in [0.2, 0.25) is 0 Å². The van der Waals surface area contributed by atoms with Crippen LogP contribution in [0.4, 0.5) is 5.69 Å². The molecule has 98 valence electrons. The first kappa shape index (κ1) is 12.1. The van der Waals surface area contributed by atoms with Crippen molar-refractivity contribution in [2.75, 3.05) is 11.9 Å². The lowest BCUT2D eigenvalue weighted by molar-refractivity contribution is 0.475. The Hall–Kier alpha value is -2.00. The van der Waals surface area contributed by atoms with E-state index in [0.717, 1.165) is 26.1 Å². The van der Waals surface area contributed by atoms with Gasteiger partial charge in [-0.3, -0.25) is 0 Å². The largest absolute Gasteiger partial charge is 0.508 e. The molecule has 1 aliphatic heterocycles. The molecule has 1 aliphatic rings. The molecule has 0 fully saturated rings. The molecule has 0 bridgehead atoms. The Morgan fingerprint density at radius 1 is 1.05 bits per heavy atom. The lowest BCUT2D eigenvalue weighted by atomic mass is 10.1. The fourth-order valence-corrected chi connectivity index (χ4v) is 2.51. The van der Waals surface area contributed by atoms with E-state index in [2.05, 4.69) is 28.8 Å². The van der Waals surface area contributed by atoms with Gasteiger partial charge in [-0.05, 0) is 35.2 Å². The molecule has 2 aromatic carbocycles. The molecule has 2 aromatic rings. The van der Waals surface area contributed by atoms with E-state index >= 15 is 0 Å². The summed E-state index contributed by atoms with van der Waals surface area (Å²) in [6.45, 7) is 2.71. The molecule has 3 N–H and O–H groups in total. The van der Waals surface area contributed by atoms with Gasteiger partial charge >= 0.3 is 0 Å². The van der Waals surface area contributed by atoms with E-state index in [1.807, 2.05) is 12.1 Å². The van der Waals surface area contributed by atoms with Gasteiger partial charge in [-0.15, -0.1) is 0 Å². The summed E-state index contributed by atoms with van der Waals surface area (Å²) in [5.41, 5.74) is 5.23. The SMILES string of the molecule is Oc1ccc(CNCc2cccc3c2NCC3)cc1. The fourth-order valence-electron chi connectivity index (χ4n) is 2.51. The number of benzene rings is 2. The highest BCUT2D eigenvalue weighted by Gasteiger charge is 2.12. The summed E-state index contributed by atoms with van der Waals surface area (Å²) < 4.78 is 0. The molecule has 0 aromatic heterocycles. The van der Waals surface area contributed by atoms with Crippen LogP contribution in [-0.2, 0) is 19.5 Å². The maximum Gasteiger partial charge on any atom is 0.115 e. The number of nitrogens with one attached hydrogen (secondary N) is 2. The van der Waals surface area contributed by atoms with Gasteiger partial charge in [0.15, 0.2) is 0 Å². The number of aromatic hydroxyl groups is 1. The zero-order valence-electron chi connectivity index (χ0n) is 10.8. The molecule has 3 nitrogen and oxygen atoms in total. The van der Waals surface area contributed by atoms with E-state index in [1.165, 1.54) is 22.4 Å². The molecule has 0 unspecified atom stereocenters. The van der Waals surface area contributed by atoms with Gasteiger partial charge in [0.25, 0.3) is 0 Å². The molecule has 0 aliphatic carbocycles. The molecule has 0 amide bonds. The lowest BCUT2D eigenvalue weighted by Gasteiger charge is -2.10. The fraction of sp³-hybridized carbons (Fsp3) is 0.250. The molecule has 3 rings (SSSR count). The van der Waals surface area contributed by atoms with Gasteiger partial charge in [0.05, 0.1) is 0 Å². The van der Waals surface area contributed by atoms with Crippen LogP contribution >= 0.6 is 0 Å². The molecule has 0 saturated heterocycles. The third-order valence-corrected chi connectivity index (χ3v) is 3.51. The molecule has 19 heavy (non-hydrogen) atoms. The zero-order valence-corrected chi connectivity index (χ0v) is 10.8. The van der Waals surface area contributed by atoms with Crippen molar-refractivity contribution in [3.63, 3.8) is 0 Å². The third kappa shape index (κ3) is 2.71. The Morgan fingerprint density at radius 3 is 2.74 bits per heavy atom. The molecule has 0 saturated carbocycles. The van der Waals surface area contributed by atoms with Gasteiger partial charge in [0, 0.05) is 25.3 Å². The van der Waals surface area contributed by atoms with Crippen LogP contribution in [0.15, 0.2) is 42.5 Å². The number of phenols is 1. The summed E-state index contributed by atoms with van der Waals surface area (Å²) in [7, 11) is 0. The van der Waals surface area contributed by atoms with Gasteiger partial charge in [0.2, 0.25) is 0 Å². The summed E-state index contributed by atoms with van der Waals surface area (Å²) in [5.74, 6) is 0.314. The molecule has 0 spiro atoms. The van der Waals surface area contributed by atoms with Crippen LogP contribution in [0.1, 0.15) is 16.7 Å². The van der Waals surface area contributed by atoms with E-state index in [4.69, 9.17) is 0 Å². The normalized spacial score (nSPS) is 13.1. The van der Waals surface area contributed by atoms with Gasteiger partial charge in [0.1, 0.15) is 5.75 Å². The van der Waals surface area contributed by atoms with E-state index < -0.39 is 0 Å². The standard InChI is InChI=1S/C16H18N2O/c19-15-6-4-12(5-7-15)10-17-11-14-3-1-2-13-8-9-18-16(13)14/h1-7,17-19H,8-11H2. The average molecular weight is 254 g/mol. The van der Waals surface area contributed by atoms with Gasteiger partial charge < -0.3 is 15.7 Å². The van der Waals surface area contributed by atoms with E-state index in [0.29, 0.717) is 5.75 Å². The summed E-state index contributed by atoms with van der Waals surface area (Å²) in [6.07, 6.45) is 1.13. The summed E-state index contributed by atoms with van der Waals surface area (Å²) in [6, 6.07) is 13.8. The van der Waals surface area contributed by atoms with Crippen LogP contribution in [0.5, 0.6) is 5.75 Å². The minimum absolute atomic E-state index is 0.314. The molecular weight excluding hydrogens is 236 g/mol. The van der Waals surface area contributed by atoms with Crippen LogP contribution < -0.4 is 10.6 Å². The monoisotopic (exact) mass is 254 g/mol. The Morgan fingerprint density at radius 2 is 1.89 bits per heavy atom. The smallest absolute Gasteiger partial charge is 0.115 e. The number of para-hydroxylation sites is 1. The second kappa shape index (κ2) is 5.33. The van der Waals surface area contributed by atoms with Gasteiger partial charge in [-0.2, -0.15) is 0 Å². The number of fused-ring (bicyclic) bond motifs is 1. The Kier molecular flexibility index (Phi) is 3.38. The van der Waals surface area contributed by atoms with E-state index in [1.54, 1.807) is 12.1 Å². The Bertz CT molecular complexity index is 563. The van der Waals surface area contributed by atoms with Crippen molar-refractivity contribution in [1.82, 2.24) is 5.32 Å². The van der Waals surface area contributed by atoms with Crippen molar-refractivity contribution in [2.45, 2.75) is 19.5 Å². The first-order valence-electron chi connectivity index (χ1n) is 6.66. The van der Waals surface area contributed by atoms with Crippen LogP contribution in [0.25, 0.3) is 0 Å². The number of hydrogen-bond acceptors (Lipinski definition) is 3. The highest BCUT2D eigenvalue weighted by Crippen LogP contribution is 2.26. The van der Waals surface area contributed by atoms with E-state index in [-0.39, 0.29) is 0 Å². The first-order valence-corrected chi connectivity index (χ1v) is 6.66. The summed E-state index contributed by atoms with van der Waals surface area (Å²) >= 11 is 0. The molecule has 0 radical (unpaired) electrons. The van der Waals surface area contributed by atoms with Crippen LogP contribution in [0, 0.1) is 0 Å². The van der Waals surface area contributed by atoms with E-state index in [9.17, 15) is 5.11 Å². The number of anilines is 1. The van der Waals surface area contributed by atoms with Crippen LogP contribution in [0.3, 0.4) is 0 Å². The number of hydrogen-bond donors (Lipinski definition) is 3. The third-order valence-electron chi connectivity index (χ3n) is 3.51. The van der Waals surface area contributed by atoms with Gasteiger partial charge in [-0.1, -0.05) is 30.3 Å². The minimum Gasteiger partial charge on any atom is -0.508 e. The number of phenolic OH excluding ortho intramolecular Hbond substituents is 1. The second-order valence-electron chi connectivity index (χ2n) is 4.90. The highest BCUT2D eigenvalue weighted by atomic mass is 16.3. The summed E-state index contributed by atoms with van der Waals surface area (Å²) in [4.78, 5) is 0. The maximum atomic E-state index is 9.24. The number of rotatable bonds is 4. The highest BCUT2D eigenvalue weighted by molar-refractivity contribution is 5.61. The predicted molar refractivity (Wildman–Crippen MR) is 77.3 cm³/mol. The molecule has 1 heterocycles. The zero-order chi connectivity index (χ0) is 13.1. The predicted octanol–water partition coefficient (Wildman–Crippen LogP) is 2.65. The van der Waals surface area contributed by atoms with Crippen molar-refractivity contribution < 1.29 is 5.11 Å². The van der Waals surface area contributed by atoms with Gasteiger partial charge in [-0.25, -0.2) is 0 Å². The van der Waals surface area contributed by atoms with Crippen molar-refractivity contribution in [3.05, 3.63) is 59.2 Å². The second-order valence-corrected chi connectivity index (χ2v) is 4.90. The maximum absolute atomic E-state index is 9.24. The minimum atomic E-state index is 0.314. The van der Waals surface area contributed by atoms with Crippen molar-refractivity contribution >= 4 is 5.69 Å². The lowest BCUT2D eigenvalue weighted by Crippen LogP contribution is -2.13.